The fraction of sp³-hybridized carbons (Fsp3) is 0.464. The first kappa shape index (κ1) is 25.6. The first-order valence-electron chi connectivity index (χ1n) is 12.8. The minimum atomic E-state index is -3.11. The second-order valence-electron chi connectivity index (χ2n) is 10.4. The van der Waals surface area contributed by atoms with Gasteiger partial charge in [-0.2, -0.15) is 0 Å². The summed E-state index contributed by atoms with van der Waals surface area (Å²) < 4.78 is 31.1. The number of carbonyl (C=O) groups excluding carboxylic acids is 3. The smallest absolute Gasteiger partial charge is 0.255 e. The van der Waals surface area contributed by atoms with Crippen molar-refractivity contribution >= 4 is 27.5 Å². The number of ether oxygens (including phenoxy) is 1. The SMILES string of the molecule is CS(=O)(=O)N1CCC(Cc2ccc(COc3cccc4c3CN(C3CCC(=O)CC3=O)C4=O)cc2)CC1. The zero-order valence-electron chi connectivity index (χ0n) is 21.0. The van der Waals surface area contributed by atoms with E-state index in [0.717, 1.165) is 30.4 Å². The number of Topliss-reactive ketones (excluding diaryl/α,β-unsaturated/α-hetero) is 2. The van der Waals surface area contributed by atoms with Gasteiger partial charge in [-0.3, -0.25) is 14.4 Å². The molecule has 2 heterocycles. The van der Waals surface area contributed by atoms with Crippen molar-refractivity contribution in [1.29, 1.82) is 0 Å². The topological polar surface area (TPSA) is 101 Å². The number of piperidine rings is 1. The molecule has 3 aliphatic rings. The molecule has 1 aliphatic carbocycles. The number of fused-ring (bicyclic) bond motifs is 1. The molecule has 1 amide bonds. The molecule has 2 aliphatic heterocycles. The molecular weight excluding hydrogens is 492 g/mol. The summed E-state index contributed by atoms with van der Waals surface area (Å²) in [4.78, 5) is 38.6. The number of sulfonamides is 1. The molecule has 0 radical (unpaired) electrons. The first-order chi connectivity index (χ1) is 17.7. The van der Waals surface area contributed by atoms with Gasteiger partial charge in [-0.25, -0.2) is 12.7 Å². The Bertz CT molecular complexity index is 1310. The molecule has 196 valence electrons. The highest BCUT2D eigenvalue weighted by Crippen LogP contribution is 2.34. The molecule has 2 aromatic carbocycles. The minimum Gasteiger partial charge on any atom is -0.489 e. The van der Waals surface area contributed by atoms with Crippen LogP contribution in [0.15, 0.2) is 42.5 Å². The Hall–Kier alpha value is -3.04. The third-order valence-corrected chi connectivity index (χ3v) is 9.06. The molecule has 1 saturated carbocycles. The van der Waals surface area contributed by atoms with Gasteiger partial charge < -0.3 is 9.64 Å². The monoisotopic (exact) mass is 524 g/mol. The quantitative estimate of drug-likeness (QED) is 0.516. The molecule has 0 N–H and O–H groups in total. The highest BCUT2D eigenvalue weighted by atomic mass is 32.2. The third kappa shape index (κ3) is 5.62. The van der Waals surface area contributed by atoms with Crippen LogP contribution in [0.25, 0.3) is 0 Å². The van der Waals surface area contributed by atoms with E-state index in [9.17, 15) is 22.8 Å². The molecule has 1 unspecified atom stereocenters. The number of hydrogen-bond acceptors (Lipinski definition) is 6. The van der Waals surface area contributed by atoms with Gasteiger partial charge in [0.05, 0.1) is 25.3 Å². The predicted octanol–water partition coefficient (Wildman–Crippen LogP) is 3.13. The second-order valence-corrected chi connectivity index (χ2v) is 12.3. The summed E-state index contributed by atoms with van der Waals surface area (Å²) in [5.74, 6) is 0.689. The van der Waals surface area contributed by atoms with Crippen molar-refractivity contribution in [3.8, 4) is 5.75 Å². The van der Waals surface area contributed by atoms with E-state index in [1.165, 1.54) is 11.8 Å². The Morgan fingerprint density at radius 2 is 1.65 bits per heavy atom. The van der Waals surface area contributed by atoms with E-state index in [0.29, 0.717) is 56.3 Å². The van der Waals surface area contributed by atoms with Crippen molar-refractivity contribution in [2.24, 2.45) is 5.92 Å². The van der Waals surface area contributed by atoms with Crippen LogP contribution in [-0.4, -0.2) is 60.5 Å². The zero-order chi connectivity index (χ0) is 26.2. The molecule has 37 heavy (non-hydrogen) atoms. The van der Waals surface area contributed by atoms with Gasteiger partial charge in [0, 0.05) is 30.6 Å². The van der Waals surface area contributed by atoms with Crippen molar-refractivity contribution in [2.75, 3.05) is 19.3 Å². The van der Waals surface area contributed by atoms with Gasteiger partial charge in [0.1, 0.15) is 18.1 Å². The largest absolute Gasteiger partial charge is 0.489 e. The molecule has 5 rings (SSSR count). The summed E-state index contributed by atoms with van der Waals surface area (Å²) in [5, 5.41) is 0. The summed E-state index contributed by atoms with van der Waals surface area (Å²) in [6.45, 7) is 1.84. The summed E-state index contributed by atoms with van der Waals surface area (Å²) in [7, 11) is -3.11. The van der Waals surface area contributed by atoms with Crippen LogP contribution in [0.2, 0.25) is 0 Å². The van der Waals surface area contributed by atoms with Crippen LogP contribution in [0.3, 0.4) is 0 Å². The van der Waals surface area contributed by atoms with Crippen LogP contribution in [0.4, 0.5) is 0 Å². The van der Waals surface area contributed by atoms with Crippen LogP contribution < -0.4 is 4.74 Å². The van der Waals surface area contributed by atoms with Gasteiger partial charge in [0.25, 0.3) is 5.91 Å². The average molecular weight is 525 g/mol. The van der Waals surface area contributed by atoms with Crippen LogP contribution in [0.1, 0.15) is 59.2 Å². The standard InChI is InChI=1S/C28H32N2O6S/c1-37(34,35)29-13-11-20(12-14-29)15-19-5-7-21(8-6-19)18-36-27-4-2-3-23-24(27)17-30(28(23)33)25-10-9-22(31)16-26(25)32/h2-8,20,25H,9-18H2,1H3. The number of nitrogens with zero attached hydrogens (tertiary/aromatic N) is 2. The third-order valence-electron chi connectivity index (χ3n) is 7.75. The highest BCUT2D eigenvalue weighted by Gasteiger charge is 2.40. The molecular formula is C28H32N2O6S. The Morgan fingerprint density at radius 3 is 2.32 bits per heavy atom. The number of benzene rings is 2. The highest BCUT2D eigenvalue weighted by molar-refractivity contribution is 7.88. The molecule has 8 nitrogen and oxygen atoms in total. The van der Waals surface area contributed by atoms with E-state index in [4.69, 9.17) is 4.74 Å². The number of amides is 1. The fourth-order valence-corrected chi connectivity index (χ4v) is 6.49. The van der Waals surface area contributed by atoms with Gasteiger partial charge in [0.2, 0.25) is 10.0 Å². The molecule has 0 aromatic heterocycles. The molecule has 0 bridgehead atoms. The van der Waals surface area contributed by atoms with E-state index >= 15 is 0 Å². The van der Waals surface area contributed by atoms with E-state index < -0.39 is 16.1 Å². The zero-order valence-corrected chi connectivity index (χ0v) is 21.8. The predicted molar refractivity (Wildman–Crippen MR) is 138 cm³/mol. The van der Waals surface area contributed by atoms with Crippen molar-refractivity contribution in [1.82, 2.24) is 9.21 Å². The summed E-state index contributed by atoms with van der Waals surface area (Å²) in [5.41, 5.74) is 3.57. The fourth-order valence-electron chi connectivity index (χ4n) is 5.61. The first-order valence-corrected chi connectivity index (χ1v) is 14.7. The minimum absolute atomic E-state index is 0.0576. The summed E-state index contributed by atoms with van der Waals surface area (Å²) in [6, 6.07) is 13.1. The van der Waals surface area contributed by atoms with Gasteiger partial charge in [-0.15, -0.1) is 0 Å². The van der Waals surface area contributed by atoms with E-state index in [-0.39, 0.29) is 23.9 Å². The average Bonchev–Trinajstić information content (AvgIpc) is 3.20. The Labute approximate surface area is 217 Å². The molecule has 0 spiro atoms. The number of rotatable bonds is 7. The van der Waals surface area contributed by atoms with Crippen molar-refractivity contribution < 1.29 is 27.5 Å². The maximum Gasteiger partial charge on any atom is 0.255 e. The summed E-state index contributed by atoms with van der Waals surface area (Å²) >= 11 is 0. The van der Waals surface area contributed by atoms with Gasteiger partial charge in [0.15, 0.2) is 5.78 Å². The van der Waals surface area contributed by atoms with E-state index in [1.54, 1.807) is 21.3 Å². The van der Waals surface area contributed by atoms with E-state index in [2.05, 4.69) is 12.1 Å². The second kappa shape index (κ2) is 10.4. The lowest BCUT2D eigenvalue weighted by molar-refractivity contribution is -0.133. The lowest BCUT2D eigenvalue weighted by Gasteiger charge is -2.30. The maximum absolute atomic E-state index is 13.0. The molecule has 2 fully saturated rings. The Kier molecular flexibility index (Phi) is 7.18. The van der Waals surface area contributed by atoms with Crippen LogP contribution in [0, 0.1) is 5.92 Å². The van der Waals surface area contributed by atoms with E-state index in [1.807, 2.05) is 18.2 Å². The molecule has 1 saturated heterocycles. The Balaban J connectivity index is 1.18. The maximum atomic E-state index is 13.0. The lowest BCUT2D eigenvalue weighted by Crippen LogP contribution is -2.44. The van der Waals surface area contributed by atoms with Crippen molar-refractivity contribution in [3.63, 3.8) is 0 Å². The van der Waals surface area contributed by atoms with Crippen LogP contribution in [-0.2, 0) is 39.2 Å². The van der Waals surface area contributed by atoms with Crippen molar-refractivity contribution in [3.05, 3.63) is 64.7 Å². The van der Waals surface area contributed by atoms with Gasteiger partial charge >= 0.3 is 0 Å². The molecule has 2 aromatic rings. The summed E-state index contributed by atoms with van der Waals surface area (Å²) in [6.07, 6.45) is 4.56. The van der Waals surface area contributed by atoms with Crippen LogP contribution in [0.5, 0.6) is 5.75 Å². The van der Waals surface area contributed by atoms with Gasteiger partial charge in [-0.1, -0.05) is 30.3 Å². The Morgan fingerprint density at radius 1 is 0.946 bits per heavy atom. The van der Waals surface area contributed by atoms with Crippen LogP contribution >= 0.6 is 0 Å². The number of carbonyl (C=O) groups is 3. The molecule has 9 heteroatoms. The molecule has 1 atom stereocenters. The lowest BCUT2D eigenvalue weighted by atomic mass is 9.91. The van der Waals surface area contributed by atoms with Gasteiger partial charge in [-0.05, 0) is 54.9 Å². The normalized spacial score (nSPS) is 21.4. The van der Waals surface area contributed by atoms with Crippen molar-refractivity contribution in [2.45, 2.75) is 57.7 Å². The number of hydrogen-bond donors (Lipinski definition) is 0. The number of ketones is 2.